The van der Waals surface area contributed by atoms with Gasteiger partial charge in [-0.05, 0) is 42.6 Å². The van der Waals surface area contributed by atoms with Crippen molar-refractivity contribution in [2.24, 2.45) is 0 Å². The van der Waals surface area contributed by atoms with Gasteiger partial charge in [0.1, 0.15) is 5.75 Å². The van der Waals surface area contributed by atoms with Crippen molar-refractivity contribution in [2.75, 3.05) is 11.1 Å². The molecule has 0 saturated heterocycles. The summed E-state index contributed by atoms with van der Waals surface area (Å²) in [5, 5.41) is 13.9. The minimum atomic E-state index is -3.65. The second-order valence-electron chi connectivity index (χ2n) is 8.51. The molecule has 0 radical (unpaired) electrons. The number of fused-ring (bicyclic) bond motifs is 1. The Balaban J connectivity index is 1.38. The smallest absolute Gasteiger partial charge is 0.234 e. The van der Waals surface area contributed by atoms with Gasteiger partial charge >= 0.3 is 0 Å². The molecule has 1 amide bonds. The molecule has 0 fully saturated rings. The molecule has 5 rings (SSSR count). The lowest BCUT2D eigenvalue weighted by molar-refractivity contribution is -0.113. The van der Waals surface area contributed by atoms with Gasteiger partial charge in [0, 0.05) is 16.8 Å². The third-order valence-corrected chi connectivity index (χ3v) is 8.37. The van der Waals surface area contributed by atoms with E-state index < -0.39 is 9.84 Å². The second-order valence-corrected chi connectivity index (χ2v) is 11.4. The van der Waals surface area contributed by atoms with Crippen LogP contribution in [0.3, 0.4) is 0 Å². The van der Waals surface area contributed by atoms with Gasteiger partial charge in [0.2, 0.25) is 5.91 Å². The number of rotatable bonds is 8. The number of benzene rings is 4. The maximum absolute atomic E-state index is 13.1. The van der Waals surface area contributed by atoms with Crippen molar-refractivity contribution in [2.45, 2.75) is 22.7 Å². The number of thioether (sulfide) groups is 1. The van der Waals surface area contributed by atoms with E-state index in [0.29, 0.717) is 5.16 Å². The van der Waals surface area contributed by atoms with Crippen molar-refractivity contribution < 1.29 is 13.2 Å². The van der Waals surface area contributed by atoms with E-state index in [4.69, 9.17) is 0 Å². The lowest BCUT2D eigenvalue weighted by Crippen LogP contribution is -2.15. The van der Waals surface area contributed by atoms with Crippen molar-refractivity contribution in [3.63, 3.8) is 0 Å². The lowest BCUT2D eigenvalue weighted by Gasteiger charge is -2.11. The number of hydrogen-bond donors (Lipinski definition) is 1. The van der Waals surface area contributed by atoms with E-state index in [9.17, 15) is 13.2 Å². The van der Waals surface area contributed by atoms with E-state index in [0.717, 1.165) is 27.7 Å². The normalized spacial score (nSPS) is 11.5. The van der Waals surface area contributed by atoms with Crippen molar-refractivity contribution in [3.8, 4) is 5.69 Å². The Morgan fingerprint density at radius 3 is 2.35 bits per heavy atom. The molecule has 5 aromatic rings. The zero-order chi connectivity index (χ0) is 25.8. The SMILES string of the molecule is Cc1ccc(S(=O)(=O)Cc2nnc(SCC(=O)Nc3cccc4ccccc34)n2-c2ccccc2)cc1. The van der Waals surface area contributed by atoms with Crippen LogP contribution in [0.25, 0.3) is 16.5 Å². The molecule has 0 aliphatic carbocycles. The zero-order valence-corrected chi connectivity index (χ0v) is 21.7. The van der Waals surface area contributed by atoms with Gasteiger partial charge in [-0.1, -0.05) is 84.1 Å². The van der Waals surface area contributed by atoms with Crippen molar-refractivity contribution >= 4 is 44.0 Å². The van der Waals surface area contributed by atoms with Gasteiger partial charge in [-0.25, -0.2) is 8.42 Å². The Hall–Kier alpha value is -3.95. The molecule has 9 heteroatoms. The van der Waals surface area contributed by atoms with Gasteiger partial charge in [0.05, 0.1) is 10.6 Å². The van der Waals surface area contributed by atoms with Crippen LogP contribution in [0.1, 0.15) is 11.4 Å². The van der Waals surface area contributed by atoms with Crippen LogP contribution in [-0.2, 0) is 20.4 Å². The molecule has 0 bridgehead atoms. The molecule has 1 heterocycles. The fourth-order valence-electron chi connectivity index (χ4n) is 3.97. The highest BCUT2D eigenvalue weighted by Gasteiger charge is 2.23. The number of nitrogens with zero attached hydrogens (tertiary/aromatic N) is 3. The minimum absolute atomic E-state index is 0.0822. The third-order valence-electron chi connectivity index (χ3n) is 5.81. The number of amides is 1. The van der Waals surface area contributed by atoms with Crippen molar-refractivity contribution in [1.82, 2.24) is 14.8 Å². The molecule has 37 heavy (non-hydrogen) atoms. The molecule has 1 N–H and O–H groups in total. The van der Waals surface area contributed by atoms with E-state index in [1.807, 2.05) is 79.7 Å². The molecular weight excluding hydrogens is 504 g/mol. The Morgan fingerprint density at radius 2 is 1.57 bits per heavy atom. The fraction of sp³-hybridized carbons (Fsp3) is 0.107. The van der Waals surface area contributed by atoms with Crippen LogP contribution in [0, 0.1) is 6.92 Å². The number of carbonyl (C=O) groups is 1. The Bertz CT molecular complexity index is 1660. The molecule has 0 atom stereocenters. The third kappa shape index (κ3) is 5.58. The van der Waals surface area contributed by atoms with E-state index in [2.05, 4.69) is 15.5 Å². The standard InChI is InChI=1S/C28H24N4O3S2/c1-20-14-16-23(17-15-20)37(34,35)19-26-30-31-28(32(26)22-10-3-2-4-11-22)36-18-27(33)29-25-13-7-9-21-8-5-6-12-24(21)25/h2-17H,18-19H2,1H3,(H,29,33). The van der Waals surface area contributed by atoms with E-state index in [1.54, 1.807) is 28.8 Å². The Morgan fingerprint density at radius 1 is 0.865 bits per heavy atom. The summed E-state index contributed by atoms with van der Waals surface area (Å²) >= 11 is 1.20. The predicted molar refractivity (Wildman–Crippen MR) is 147 cm³/mol. The number of aromatic nitrogens is 3. The quantitative estimate of drug-likeness (QED) is 0.270. The number of nitrogens with one attached hydrogen (secondary N) is 1. The summed E-state index contributed by atoms with van der Waals surface area (Å²) < 4.78 is 28.0. The molecule has 0 spiro atoms. The number of carbonyl (C=O) groups excluding carboxylic acids is 1. The number of sulfone groups is 1. The average Bonchev–Trinajstić information content (AvgIpc) is 3.30. The van der Waals surface area contributed by atoms with Crippen molar-refractivity contribution in [1.29, 1.82) is 0 Å². The number of anilines is 1. The van der Waals surface area contributed by atoms with Gasteiger partial charge in [0.25, 0.3) is 0 Å². The highest BCUT2D eigenvalue weighted by Crippen LogP contribution is 2.26. The average molecular weight is 529 g/mol. The molecule has 4 aromatic carbocycles. The molecule has 7 nitrogen and oxygen atoms in total. The zero-order valence-electron chi connectivity index (χ0n) is 20.0. The summed E-state index contributed by atoms with van der Waals surface area (Å²) in [5.74, 6) is -0.152. The lowest BCUT2D eigenvalue weighted by atomic mass is 10.1. The van der Waals surface area contributed by atoms with Crippen LogP contribution < -0.4 is 5.32 Å². The molecule has 0 saturated carbocycles. The Kier molecular flexibility index (Phi) is 7.07. The largest absolute Gasteiger partial charge is 0.325 e. The fourth-order valence-corrected chi connectivity index (χ4v) is 5.99. The molecular formula is C28H24N4O3S2. The molecule has 0 aliphatic rings. The summed E-state index contributed by atoms with van der Waals surface area (Å²) in [4.78, 5) is 13.1. The topological polar surface area (TPSA) is 94.0 Å². The predicted octanol–water partition coefficient (Wildman–Crippen LogP) is 5.43. The van der Waals surface area contributed by atoms with Crippen LogP contribution in [0.4, 0.5) is 5.69 Å². The van der Waals surface area contributed by atoms with Crippen LogP contribution in [0.15, 0.2) is 107 Å². The highest BCUT2D eigenvalue weighted by atomic mass is 32.2. The van der Waals surface area contributed by atoms with Gasteiger partial charge in [-0.15, -0.1) is 10.2 Å². The number of aryl methyl sites for hydroxylation is 1. The highest BCUT2D eigenvalue weighted by molar-refractivity contribution is 7.99. The first-order chi connectivity index (χ1) is 17.9. The van der Waals surface area contributed by atoms with Gasteiger partial charge in [-0.3, -0.25) is 9.36 Å². The van der Waals surface area contributed by atoms with Gasteiger partial charge < -0.3 is 5.32 Å². The summed E-state index contributed by atoms with van der Waals surface area (Å²) in [6, 6.07) is 29.6. The first-order valence-corrected chi connectivity index (χ1v) is 14.2. The number of para-hydroxylation sites is 1. The minimum Gasteiger partial charge on any atom is -0.325 e. The van der Waals surface area contributed by atoms with Gasteiger partial charge in [0.15, 0.2) is 20.8 Å². The van der Waals surface area contributed by atoms with Crippen LogP contribution in [-0.4, -0.2) is 34.8 Å². The van der Waals surface area contributed by atoms with Crippen LogP contribution >= 0.6 is 11.8 Å². The molecule has 186 valence electrons. The number of hydrogen-bond acceptors (Lipinski definition) is 6. The summed E-state index contributed by atoms with van der Waals surface area (Å²) in [7, 11) is -3.65. The first kappa shape index (κ1) is 24.7. The second kappa shape index (κ2) is 10.6. The van der Waals surface area contributed by atoms with Gasteiger partial charge in [-0.2, -0.15) is 0 Å². The molecule has 0 aliphatic heterocycles. The van der Waals surface area contributed by atoms with E-state index in [1.165, 1.54) is 11.8 Å². The summed E-state index contributed by atoms with van der Waals surface area (Å²) in [5.41, 5.74) is 2.43. The van der Waals surface area contributed by atoms with E-state index >= 15 is 0 Å². The summed E-state index contributed by atoms with van der Waals surface area (Å²) in [6.45, 7) is 1.91. The maximum Gasteiger partial charge on any atom is 0.234 e. The monoisotopic (exact) mass is 528 g/mol. The van der Waals surface area contributed by atoms with E-state index in [-0.39, 0.29) is 28.1 Å². The Labute approximate surface area is 219 Å². The van der Waals surface area contributed by atoms with Crippen LogP contribution in [0.5, 0.6) is 0 Å². The summed E-state index contributed by atoms with van der Waals surface area (Å²) in [6.07, 6.45) is 0. The molecule has 0 unspecified atom stereocenters. The maximum atomic E-state index is 13.1. The van der Waals surface area contributed by atoms with Crippen LogP contribution in [0.2, 0.25) is 0 Å². The molecule has 1 aromatic heterocycles. The van der Waals surface area contributed by atoms with Crippen molar-refractivity contribution in [3.05, 3.63) is 108 Å². The first-order valence-electron chi connectivity index (χ1n) is 11.6.